The van der Waals surface area contributed by atoms with E-state index >= 15 is 0 Å². The van der Waals surface area contributed by atoms with Gasteiger partial charge in [0.1, 0.15) is 11.6 Å². The summed E-state index contributed by atoms with van der Waals surface area (Å²) >= 11 is 7.14. The monoisotopic (exact) mass is 335 g/mol. The smallest absolute Gasteiger partial charge is 0.311 e. The third kappa shape index (κ3) is 2.65. The number of thiazole rings is 1. The predicted octanol–water partition coefficient (Wildman–Crippen LogP) is 4.37. The van der Waals surface area contributed by atoms with Gasteiger partial charge in [0.15, 0.2) is 0 Å². The van der Waals surface area contributed by atoms with E-state index in [4.69, 9.17) is 16.3 Å². The van der Waals surface area contributed by atoms with Crippen LogP contribution in [-0.4, -0.2) is 11.7 Å². The van der Waals surface area contributed by atoms with E-state index < -0.39 is 5.82 Å². The van der Waals surface area contributed by atoms with Gasteiger partial charge in [-0.05, 0) is 29.8 Å². The number of ether oxygens (including phenoxy) is 1. The quantitative estimate of drug-likeness (QED) is 0.711. The van der Waals surface area contributed by atoms with Crippen LogP contribution in [-0.2, 0) is 0 Å². The second-order valence-electron chi connectivity index (χ2n) is 4.55. The Balaban J connectivity index is 2.07. The summed E-state index contributed by atoms with van der Waals surface area (Å²) in [5, 5.41) is 1.95. The number of hydrogen-bond donors (Lipinski definition) is 0. The first kappa shape index (κ1) is 14.8. The molecule has 22 heavy (non-hydrogen) atoms. The molecule has 0 aliphatic carbocycles. The lowest BCUT2D eigenvalue weighted by molar-refractivity contribution is 0.415. The van der Waals surface area contributed by atoms with Gasteiger partial charge in [-0.3, -0.25) is 9.36 Å². The molecule has 0 saturated heterocycles. The molecule has 0 aliphatic heterocycles. The van der Waals surface area contributed by atoms with Gasteiger partial charge < -0.3 is 4.74 Å². The minimum Gasteiger partial charge on any atom is -0.495 e. The molecule has 0 fully saturated rings. The Labute approximate surface area is 135 Å². The van der Waals surface area contributed by atoms with Crippen molar-refractivity contribution in [2.75, 3.05) is 7.11 Å². The summed E-state index contributed by atoms with van der Waals surface area (Å²) in [6.45, 7) is 0. The number of nitrogens with zero attached hydrogens (tertiary/aromatic N) is 1. The largest absolute Gasteiger partial charge is 0.495 e. The topological polar surface area (TPSA) is 31.2 Å². The molecule has 0 aliphatic rings. The van der Waals surface area contributed by atoms with Crippen molar-refractivity contribution < 1.29 is 9.13 Å². The lowest BCUT2D eigenvalue weighted by Crippen LogP contribution is -2.08. The highest BCUT2D eigenvalue weighted by Crippen LogP contribution is 2.37. The van der Waals surface area contributed by atoms with E-state index in [0.29, 0.717) is 11.3 Å². The van der Waals surface area contributed by atoms with Crippen molar-refractivity contribution in [1.82, 2.24) is 4.57 Å². The van der Waals surface area contributed by atoms with Crippen LogP contribution in [0.1, 0.15) is 0 Å². The number of rotatable bonds is 3. The molecule has 3 rings (SSSR count). The van der Waals surface area contributed by atoms with Crippen LogP contribution < -0.4 is 9.61 Å². The van der Waals surface area contributed by atoms with Crippen molar-refractivity contribution in [1.29, 1.82) is 0 Å². The van der Waals surface area contributed by atoms with Crippen molar-refractivity contribution in [3.63, 3.8) is 0 Å². The number of methoxy groups -OCH3 is 1. The molecule has 0 bridgehead atoms. The van der Waals surface area contributed by atoms with E-state index in [1.165, 1.54) is 19.2 Å². The van der Waals surface area contributed by atoms with Crippen LogP contribution in [0, 0.1) is 5.82 Å². The van der Waals surface area contributed by atoms with Crippen LogP contribution in [0.2, 0.25) is 5.02 Å². The average Bonchev–Trinajstić information content (AvgIpc) is 2.93. The summed E-state index contributed by atoms with van der Waals surface area (Å²) < 4.78 is 20.4. The van der Waals surface area contributed by atoms with E-state index in [1.807, 2.05) is 0 Å². The van der Waals surface area contributed by atoms with E-state index in [9.17, 15) is 9.18 Å². The molecular weight excluding hydrogens is 325 g/mol. The molecule has 3 nitrogen and oxygen atoms in total. The minimum absolute atomic E-state index is 0.0564. The van der Waals surface area contributed by atoms with Gasteiger partial charge >= 0.3 is 4.87 Å². The first-order chi connectivity index (χ1) is 10.6. The molecule has 0 atom stereocenters. The maximum absolute atomic E-state index is 13.6. The highest BCUT2D eigenvalue weighted by atomic mass is 35.5. The number of halogens is 2. The Bertz CT molecular complexity index is 871. The number of benzene rings is 2. The Hall–Kier alpha value is -2.11. The standard InChI is InChI=1S/C16H11ClFNO2S/c1-21-15-13(8-11(18)9-14(15)17)10-2-4-12(5-3-10)19-6-7-22-16(19)20/h2-9H,1H3. The van der Waals surface area contributed by atoms with E-state index in [-0.39, 0.29) is 9.90 Å². The van der Waals surface area contributed by atoms with Crippen molar-refractivity contribution in [3.8, 4) is 22.6 Å². The maximum Gasteiger partial charge on any atom is 0.311 e. The number of hydrogen-bond acceptors (Lipinski definition) is 3. The highest BCUT2D eigenvalue weighted by Gasteiger charge is 2.12. The molecule has 0 amide bonds. The summed E-state index contributed by atoms with van der Waals surface area (Å²) in [4.78, 5) is 11.6. The lowest BCUT2D eigenvalue weighted by atomic mass is 10.0. The maximum atomic E-state index is 13.6. The zero-order chi connectivity index (χ0) is 15.7. The molecule has 0 N–H and O–H groups in total. The Morgan fingerprint density at radius 1 is 1.23 bits per heavy atom. The van der Waals surface area contributed by atoms with E-state index in [2.05, 4.69) is 0 Å². The van der Waals surface area contributed by atoms with E-state index in [1.54, 1.807) is 40.4 Å². The van der Waals surface area contributed by atoms with Crippen molar-refractivity contribution in [3.05, 3.63) is 68.5 Å². The molecular formula is C16H11ClFNO2S. The molecule has 112 valence electrons. The van der Waals surface area contributed by atoms with Gasteiger partial charge in [0, 0.05) is 22.8 Å². The molecule has 6 heteroatoms. The van der Waals surface area contributed by atoms with Crippen LogP contribution in [0.15, 0.2) is 52.8 Å². The molecule has 1 heterocycles. The van der Waals surface area contributed by atoms with Crippen LogP contribution in [0.5, 0.6) is 5.75 Å². The first-order valence-corrected chi connectivity index (χ1v) is 7.66. The van der Waals surface area contributed by atoms with Crippen molar-refractivity contribution >= 4 is 22.9 Å². The Morgan fingerprint density at radius 3 is 2.55 bits per heavy atom. The van der Waals surface area contributed by atoms with Gasteiger partial charge in [-0.25, -0.2) is 4.39 Å². The average molecular weight is 336 g/mol. The third-order valence-electron chi connectivity index (χ3n) is 3.24. The molecule has 0 radical (unpaired) electrons. The van der Waals surface area contributed by atoms with Gasteiger partial charge in [0.05, 0.1) is 12.1 Å². The fraction of sp³-hybridized carbons (Fsp3) is 0.0625. The van der Waals surface area contributed by atoms with Crippen LogP contribution in [0.3, 0.4) is 0 Å². The zero-order valence-electron chi connectivity index (χ0n) is 11.5. The van der Waals surface area contributed by atoms with Gasteiger partial charge in [-0.2, -0.15) is 0 Å². The second kappa shape index (κ2) is 5.94. The van der Waals surface area contributed by atoms with Gasteiger partial charge in [-0.15, -0.1) is 0 Å². The summed E-state index contributed by atoms with van der Waals surface area (Å²) in [5.41, 5.74) is 2.07. The summed E-state index contributed by atoms with van der Waals surface area (Å²) in [7, 11) is 1.49. The molecule has 2 aromatic carbocycles. The van der Waals surface area contributed by atoms with Crippen LogP contribution >= 0.6 is 22.9 Å². The van der Waals surface area contributed by atoms with Crippen LogP contribution in [0.4, 0.5) is 4.39 Å². The highest BCUT2D eigenvalue weighted by molar-refractivity contribution is 7.07. The Kier molecular flexibility index (Phi) is 4.00. The van der Waals surface area contributed by atoms with Gasteiger partial charge in [0.25, 0.3) is 0 Å². The summed E-state index contributed by atoms with van der Waals surface area (Å²) in [6, 6.07) is 9.77. The molecule has 0 unspecified atom stereocenters. The predicted molar refractivity (Wildman–Crippen MR) is 86.9 cm³/mol. The molecule has 0 saturated carbocycles. The fourth-order valence-electron chi connectivity index (χ4n) is 2.24. The third-order valence-corrected chi connectivity index (χ3v) is 4.18. The number of aromatic nitrogens is 1. The van der Waals surface area contributed by atoms with Crippen molar-refractivity contribution in [2.45, 2.75) is 0 Å². The normalized spacial score (nSPS) is 10.7. The summed E-state index contributed by atoms with van der Waals surface area (Å²) in [5.74, 6) is -0.0116. The first-order valence-electron chi connectivity index (χ1n) is 6.40. The minimum atomic E-state index is -0.432. The SMILES string of the molecule is COc1c(Cl)cc(F)cc1-c1ccc(-n2ccsc2=O)cc1. The Morgan fingerprint density at radius 2 is 1.95 bits per heavy atom. The molecule has 3 aromatic rings. The second-order valence-corrected chi connectivity index (χ2v) is 5.82. The van der Waals surface area contributed by atoms with Crippen molar-refractivity contribution in [2.24, 2.45) is 0 Å². The molecule has 0 spiro atoms. The zero-order valence-corrected chi connectivity index (χ0v) is 13.1. The van der Waals surface area contributed by atoms with Crippen LogP contribution in [0.25, 0.3) is 16.8 Å². The molecule has 1 aromatic heterocycles. The summed E-state index contributed by atoms with van der Waals surface area (Å²) in [6.07, 6.45) is 1.71. The fourth-order valence-corrected chi connectivity index (χ4v) is 3.10. The van der Waals surface area contributed by atoms with Gasteiger partial charge in [-0.1, -0.05) is 35.1 Å². The van der Waals surface area contributed by atoms with E-state index in [0.717, 1.165) is 22.6 Å². The van der Waals surface area contributed by atoms with Gasteiger partial charge in [0.2, 0.25) is 0 Å². The lowest BCUT2D eigenvalue weighted by Gasteiger charge is -2.11.